The van der Waals surface area contributed by atoms with E-state index in [4.69, 9.17) is 5.73 Å². The largest absolute Gasteiger partial charge is 0.397 e. The highest BCUT2D eigenvalue weighted by Crippen LogP contribution is 2.24. The van der Waals surface area contributed by atoms with Crippen LogP contribution in [0.25, 0.3) is 0 Å². The van der Waals surface area contributed by atoms with Crippen molar-refractivity contribution in [1.29, 1.82) is 0 Å². The number of hydrogen-bond acceptors (Lipinski definition) is 6. The molecule has 6 nitrogen and oxygen atoms in total. The van der Waals surface area contributed by atoms with Gasteiger partial charge in [-0.2, -0.15) is 0 Å². The predicted octanol–water partition coefficient (Wildman–Crippen LogP) is 5.26. The second-order valence-electron chi connectivity index (χ2n) is 8.79. The fourth-order valence-electron chi connectivity index (χ4n) is 3.72. The normalized spacial score (nSPS) is 15.0. The van der Waals surface area contributed by atoms with Crippen molar-refractivity contribution in [1.82, 2.24) is 0 Å². The van der Waals surface area contributed by atoms with Gasteiger partial charge in [0.1, 0.15) is 0 Å². The maximum absolute atomic E-state index is 12.5. The number of nitrogens with zero attached hydrogens (tertiary/aromatic N) is 3. The minimum atomic E-state index is -0.166. The molecule has 0 spiro atoms. The Morgan fingerprint density at radius 3 is 2.06 bits per heavy atom. The van der Waals surface area contributed by atoms with E-state index in [-0.39, 0.29) is 5.78 Å². The maximum Gasteiger partial charge on any atom is 0.204 e. The van der Waals surface area contributed by atoms with Crippen LogP contribution in [-0.4, -0.2) is 37.2 Å². The van der Waals surface area contributed by atoms with Crippen molar-refractivity contribution in [2.45, 2.75) is 46.7 Å². The third-order valence-corrected chi connectivity index (χ3v) is 5.85. The minimum Gasteiger partial charge on any atom is -0.397 e. The molecule has 0 heterocycles. The number of carbonyl (C=O) groups excluding carboxylic acids is 1. The van der Waals surface area contributed by atoms with E-state index >= 15 is 0 Å². The van der Waals surface area contributed by atoms with Crippen LogP contribution in [0.2, 0.25) is 0 Å². The minimum absolute atomic E-state index is 0.166. The highest BCUT2D eigenvalue weighted by atomic mass is 16.1. The zero-order valence-corrected chi connectivity index (χ0v) is 20.5. The summed E-state index contributed by atoms with van der Waals surface area (Å²) in [5.74, 6) is -0.166. The van der Waals surface area contributed by atoms with Gasteiger partial charge in [0.15, 0.2) is 0 Å². The summed E-state index contributed by atoms with van der Waals surface area (Å²) in [7, 11) is 2.06. The molecule has 0 atom stereocenters. The van der Waals surface area contributed by atoms with E-state index in [0.717, 1.165) is 29.3 Å². The summed E-state index contributed by atoms with van der Waals surface area (Å²) in [6, 6.07) is 16.9. The van der Waals surface area contributed by atoms with Gasteiger partial charge < -0.3 is 20.9 Å². The van der Waals surface area contributed by atoms with Crippen LogP contribution in [-0.2, 0) is 4.79 Å². The Kier molecular flexibility index (Phi) is 7.59. The molecule has 0 aliphatic heterocycles. The number of ketones is 1. The van der Waals surface area contributed by atoms with Gasteiger partial charge in [-0.25, -0.2) is 4.99 Å². The number of hydrogen-bond donors (Lipinski definition) is 2. The number of nitrogens with two attached hydrogens (primary N) is 1. The van der Waals surface area contributed by atoms with Crippen molar-refractivity contribution < 1.29 is 4.79 Å². The molecule has 0 amide bonds. The van der Waals surface area contributed by atoms with Crippen LogP contribution < -0.4 is 20.9 Å². The topological polar surface area (TPSA) is 74.0 Å². The van der Waals surface area contributed by atoms with E-state index in [1.807, 2.05) is 36.4 Å². The molecule has 2 aromatic carbocycles. The zero-order chi connectivity index (χ0) is 24.1. The molecule has 6 heteroatoms. The van der Waals surface area contributed by atoms with Gasteiger partial charge in [0.25, 0.3) is 0 Å². The lowest BCUT2D eigenvalue weighted by molar-refractivity contribution is -0.111. The van der Waals surface area contributed by atoms with Gasteiger partial charge in [-0.15, -0.1) is 0 Å². The molecule has 1 aliphatic rings. The first kappa shape index (κ1) is 24.1. The van der Waals surface area contributed by atoms with Crippen LogP contribution in [0, 0.1) is 0 Å². The lowest BCUT2D eigenvalue weighted by Gasteiger charge is -2.27. The molecule has 174 valence electrons. The van der Waals surface area contributed by atoms with Crippen LogP contribution in [0.4, 0.5) is 22.7 Å². The molecule has 2 aromatic rings. The molecule has 0 fully saturated rings. The first-order valence-electron chi connectivity index (χ1n) is 11.5. The van der Waals surface area contributed by atoms with E-state index in [1.165, 1.54) is 6.08 Å². The smallest absolute Gasteiger partial charge is 0.204 e. The van der Waals surface area contributed by atoms with E-state index in [0.29, 0.717) is 29.2 Å². The molecule has 1 aliphatic carbocycles. The SMILES string of the molecule is CCN(c1ccc(N=C2C=C(Nc3ccc(N(C)C(C)C)cc3)C(=O)C=C2N)cc1)C(C)C. The standard InChI is InChI=1S/C27H35N5O/c1-7-32(19(4)5)23-14-10-20(11-15-23)29-25-17-26(27(33)16-24(25)28)30-21-8-12-22(13-9-21)31(6)18(2)3/h8-19,30H,7,28H2,1-6H3. The molecule has 3 N–H and O–H groups in total. The van der Waals surface area contributed by atoms with E-state index in [2.05, 4.69) is 73.9 Å². The first-order valence-corrected chi connectivity index (χ1v) is 11.5. The van der Waals surface area contributed by atoms with Gasteiger partial charge in [0.05, 0.1) is 22.8 Å². The zero-order valence-electron chi connectivity index (χ0n) is 20.5. The summed E-state index contributed by atoms with van der Waals surface area (Å²) in [6.45, 7) is 11.7. The first-order chi connectivity index (χ1) is 15.7. The van der Waals surface area contributed by atoms with Gasteiger partial charge in [-0.1, -0.05) is 0 Å². The van der Waals surface area contributed by atoms with Crippen LogP contribution in [0.15, 0.2) is 77.1 Å². The number of allylic oxidation sites excluding steroid dienone is 2. The molecule has 3 rings (SSSR count). The fraction of sp³-hybridized carbons (Fsp3) is 0.333. The Morgan fingerprint density at radius 1 is 0.909 bits per heavy atom. The fourth-order valence-corrected chi connectivity index (χ4v) is 3.72. The molecule has 0 radical (unpaired) electrons. The second kappa shape index (κ2) is 10.4. The van der Waals surface area contributed by atoms with Gasteiger partial charge >= 0.3 is 0 Å². The molecule has 0 unspecified atom stereocenters. The van der Waals surface area contributed by atoms with Crippen molar-refractivity contribution in [3.8, 4) is 0 Å². The molecule has 0 aromatic heterocycles. The molecule has 33 heavy (non-hydrogen) atoms. The molecule has 0 saturated heterocycles. The molecule has 0 saturated carbocycles. The van der Waals surface area contributed by atoms with E-state index in [9.17, 15) is 4.79 Å². The Balaban J connectivity index is 1.80. The summed E-state index contributed by atoms with van der Waals surface area (Å²) >= 11 is 0. The number of anilines is 3. The Hall–Kier alpha value is -3.54. The van der Waals surface area contributed by atoms with Crippen molar-refractivity contribution >= 4 is 34.2 Å². The van der Waals surface area contributed by atoms with Crippen molar-refractivity contribution in [2.24, 2.45) is 10.7 Å². The Labute approximate surface area is 197 Å². The van der Waals surface area contributed by atoms with Crippen molar-refractivity contribution in [2.75, 3.05) is 28.7 Å². The molecular weight excluding hydrogens is 410 g/mol. The quantitative estimate of drug-likeness (QED) is 0.542. The van der Waals surface area contributed by atoms with Gasteiger partial charge in [0.2, 0.25) is 5.78 Å². The second-order valence-corrected chi connectivity index (χ2v) is 8.79. The van der Waals surface area contributed by atoms with Gasteiger partial charge in [-0.05, 0) is 89.2 Å². The Bertz CT molecular complexity index is 1060. The number of rotatable bonds is 8. The highest BCUT2D eigenvalue weighted by Gasteiger charge is 2.18. The van der Waals surface area contributed by atoms with E-state index < -0.39 is 0 Å². The third kappa shape index (κ3) is 5.83. The number of nitrogens with one attached hydrogen (secondary N) is 1. The maximum atomic E-state index is 12.5. The van der Waals surface area contributed by atoms with Crippen LogP contribution in [0.1, 0.15) is 34.6 Å². The third-order valence-electron chi connectivity index (χ3n) is 5.85. The summed E-state index contributed by atoms with van der Waals surface area (Å²) < 4.78 is 0. The number of aliphatic imine (C=N–C) groups is 1. The summed E-state index contributed by atoms with van der Waals surface area (Å²) in [5, 5.41) is 3.21. The molecular formula is C27H35N5O. The van der Waals surface area contributed by atoms with Gasteiger partial charge in [0, 0.05) is 48.8 Å². The Morgan fingerprint density at radius 2 is 1.52 bits per heavy atom. The average molecular weight is 446 g/mol. The van der Waals surface area contributed by atoms with Crippen molar-refractivity contribution in [3.63, 3.8) is 0 Å². The summed E-state index contributed by atoms with van der Waals surface area (Å²) in [4.78, 5) is 21.7. The number of benzene rings is 2. The van der Waals surface area contributed by atoms with Gasteiger partial charge in [-0.3, -0.25) is 4.79 Å². The summed E-state index contributed by atoms with van der Waals surface area (Å²) in [6.07, 6.45) is 3.14. The van der Waals surface area contributed by atoms with Crippen molar-refractivity contribution in [3.05, 3.63) is 72.1 Å². The van der Waals surface area contributed by atoms with Crippen LogP contribution in [0.5, 0.6) is 0 Å². The molecule has 0 bridgehead atoms. The number of carbonyl (C=O) groups is 1. The lowest BCUT2D eigenvalue weighted by atomic mass is 10.1. The van der Waals surface area contributed by atoms with E-state index in [1.54, 1.807) is 6.08 Å². The average Bonchev–Trinajstić information content (AvgIpc) is 2.78. The predicted molar refractivity (Wildman–Crippen MR) is 141 cm³/mol. The lowest BCUT2D eigenvalue weighted by Crippen LogP contribution is -2.30. The summed E-state index contributed by atoms with van der Waals surface area (Å²) in [5.41, 5.74) is 11.4. The highest BCUT2D eigenvalue weighted by molar-refractivity contribution is 6.23. The monoisotopic (exact) mass is 445 g/mol. The van der Waals surface area contributed by atoms with Crippen LogP contribution >= 0.6 is 0 Å². The van der Waals surface area contributed by atoms with Crippen LogP contribution in [0.3, 0.4) is 0 Å².